The van der Waals surface area contributed by atoms with Crippen molar-refractivity contribution in [2.24, 2.45) is 0 Å². The fourth-order valence-corrected chi connectivity index (χ4v) is 4.74. The lowest BCUT2D eigenvalue weighted by Crippen LogP contribution is -2.34. The molecule has 0 aliphatic carbocycles. The normalized spacial score (nSPS) is 16.6. The highest BCUT2D eigenvalue weighted by molar-refractivity contribution is 7.19. The molecule has 1 aromatic carbocycles. The molecule has 1 fully saturated rings. The van der Waals surface area contributed by atoms with Gasteiger partial charge in [-0.25, -0.2) is 27.2 Å². The third-order valence-corrected chi connectivity index (χ3v) is 6.26. The number of aliphatic hydroxyl groups excluding tert-OH is 1. The number of halogens is 4. The third kappa shape index (κ3) is 4.99. The molecule has 4 N–H and O–H groups in total. The average molecular weight is 499 g/mol. The summed E-state index contributed by atoms with van der Waals surface area (Å²) < 4.78 is 55.6. The summed E-state index contributed by atoms with van der Waals surface area (Å²) in [4.78, 5) is 18.7. The number of nitrogens with two attached hydrogens (primary N) is 1. The minimum atomic E-state index is -2.69. The van der Waals surface area contributed by atoms with Gasteiger partial charge in [-0.1, -0.05) is 17.4 Å². The van der Waals surface area contributed by atoms with Gasteiger partial charge in [0.25, 0.3) is 12.3 Å². The van der Waals surface area contributed by atoms with E-state index in [0.717, 1.165) is 41.0 Å². The van der Waals surface area contributed by atoms with Gasteiger partial charge in [0.2, 0.25) is 0 Å². The molecule has 3 heterocycles. The van der Waals surface area contributed by atoms with Crippen LogP contribution in [0.25, 0.3) is 10.6 Å². The fraction of sp³-hybridized carbons (Fsp3) is 0.381. The standard InChI is InChI=1S/C21H22F4N6O2S/c22-12-5-3-6-13(23)16(12)20-29-17(18(26)34-20)19(33)28-14-8-27-31(10-15(24)25)21(14)30-7-2-1-4-11(32)9-30/h3,5-6,8,11,15,32H,1-2,4,7,9-10,26H2,(H,28,33)/t11-/m1/s1. The van der Waals surface area contributed by atoms with Crippen LogP contribution in [0, 0.1) is 11.6 Å². The Hall–Kier alpha value is -3.19. The van der Waals surface area contributed by atoms with Crippen molar-refractivity contribution in [3.8, 4) is 10.6 Å². The Morgan fingerprint density at radius 1 is 1.29 bits per heavy atom. The molecule has 1 aliphatic rings. The van der Waals surface area contributed by atoms with Crippen LogP contribution in [0.4, 0.5) is 34.1 Å². The van der Waals surface area contributed by atoms with Gasteiger partial charge in [-0.05, 0) is 31.4 Å². The number of aliphatic hydroxyl groups is 1. The molecular weight excluding hydrogens is 476 g/mol. The van der Waals surface area contributed by atoms with Crippen molar-refractivity contribution in [3.05, 3.63) is 41.7 Å². The number of amides is 1. The number of rotatable bonds is 6. The highest BCUT2D eigenvalue weighted by Crippen LogP contribution is 2.35. The largest absolute Gasteiger partial charge is 0.391 e. The Balaban J connectivity index is 1.65. The molecule has 34 heavy (non-hydrogen) atoms. The average Bonchev–Trinajstić information content (AvgIpc) is 3.25. The lowest BCUT2D eigenvalue weighted by atomic mass is 10.2. The molecule has 0 saturated carbocycles. The molecule has 1 saturated heterocycles. The summed E-state index contributed by atoms with van der Waals surface area (Å²) in [5, 5.41) is 16.6. The molecule has 0 radical (unpaired) electrons. The Kier molecular flexibility index (Phi) is 7.03. The van der Waals surface area contributed by atoms with E-state index in [1.165, 1.54) is 12.3 Å². The van der Waals surface area contributed by atoms with E-state index < -0.39 is 42.2 Å². The summed E-state index contributed by atoms with van der Waals surface area (Å²) in [6.45, 7) is -0.0366. The number of β-amino-alcohol motifs (C(OH)–C–C–N with tert-alkyl or cyclic N) is 1. The van der Waals surface area contributed by atoms with Gasteiger partial charge < -0.3 is 21.1 Å². The molecule has 13 heteroatoms. The number of thiazole rings is 1. The van der Waals surface area contributed by atoms with Gasteiger partial charge in [0.1, 0.15) is 33.9 Å². The SMILES string of the molecule is Nc1sc(-c2c(F)cccc2F)nc1C(=O)Nc1cnn(CC(F)F)c1N1CCCC[C@@H](O)C1. The second kappa shape index (κ2) is 9.97. The fourth-order valence-electron chi connectivity index (χ4n) is 3.86. The second-order valence-electron chi connectivity index (χ2n) is 7.83. The number of alkyl halides is 2. The minimum Gasteiger partial charge on any atom is -0.391 e. The molecule has 0 unspecified atom stereocenters. The zero-order valence-electron chi connectivity index (χ0n) is 17.8. The van der Waals surface area contributed by atoms with Crippen LogP contribution >= 0.6 is 11.3 Å². The number of hydrogen-bond donors (Lipinski definition) is 3. The summed E-state index contributed by atoms with van der Waals surface area (Å²) >= 11 is 0.746. The number of carbonyl (C=O) groups excluding carboxylic acids is 1. The van der Waals surface area contributed by atoms with Crippen LogP contribution < -0.4 is 16.0 Å². The summed E-state index contributed by atoms with van der Waals surface area (Å²) in [6, 6.07) is 3.33. The molecule has 0 bridgehead atoms. The van der Waals surface area contributed by atoms with Crippen LogP contribution in [-0.4, -0.2) is 51.4 Å². The van der Waals surface area contributed by atoms with E-state index in [0.29, 0.717) is 13.0 Å². The van der Waals surface area contributed by atoms with Crippen LogP contribution in [-0.2, 0) is 6.54 Å². The van der Waals surface area contributed by atoms with Crippen molar-refractivity contribution in [2.75, 3.05) is 29.0 Å². The van der Waals surface area contributed by atoms with Gasteiger partial charge in [-0.3, -0.25) is 4.79 Å². The molecule has 2 aromatic heterocycles. The Labute approximate surface area is 196 Å². The first-order valence-electron chi connectivity index (χ1n) is 10.5. The van der Waals surface area contributed by atoms with Crippen molar-refractivity contribution < 1.29 is 27.5 Å². The molecule has 4 rings (SSSR count). The van der Waals surface area contributed by atoms with Crippen LogP contribution in [0.1, 0.15) is 29.8 Å². The van der Waals surface area contributed by atoms with Crippen LogP contribution in [0.15, 0.2) is 24.4 Å². The molecular formula is C21H22F4N6O2S. The topological polar surface area (TPSA) is 109 Å². The number of nitrogens with one attached hydrogen (secondary N) is 1. The van der Waals surface area contributed by atoms with Crippen molar-refractivity contribution in [1.29, 1.82) is 0 Å². The zero-order valence-corrected chi connectivity index (χ0v) is 18.7. The molecule has 8 nitrogen and oxygen atoms in total. The zero-order chi connectivity index (χ0) is 24.4. The number of benzene rings is 1. The number of nitrogen functional groups attached to an aromatic ring is 1. The molecule has 0 spiro atoms. The van der Waals surface area contributed by atoms with E-state index in [-0.39, 0.29) is 33.8 Å². The van der Waals surface area contributed by atoms with Gasteiger partial charge in [0.05, 0.1) is 17.9 Å². The minimum absolute atomic E-state index is 0.0677. The van der Waals surface area contributed by atoms with Crippen molar-refractivity contribution >= 4 is 33.8 Å². The van der Waals surface area contributed by atoms with Crippen LogP contribution in [0.3, 0.4) is 0 Å². The summed E-state index contributed by atoms with van der Waals surface area (Å²) in [5.41, 5.74) is 5.38. The molecule has 1 aliphatic heterocycles. The quantitative estimate of drug-likeness (QED) is 0.447. The van der Waals surface area contributed by atoms with E-state index in [1.54, 1.807) is 4.90 Å². The maximum Gasteiger partial charge on any atom is 0.277 e. The first kappa shape index (κ1) is 24.0. The Bertz CT molecular complexity index is 1160. The number of anilines is 3. The van der Waals surface area contributed by atoms with Crippen molar-refractivity contribution in [2.45, 2.75) is 38.3 Å². The maximum absolute atomic E-state index is 14.1. The van der Waals surface area contributed by atoms with E-state index >= 15 is 0 Å². The highest BCUT2D eigenvalue weighted by atomic mass is 32.1. The van der Waals surface area contributed by atoms with Crippen LogP contribution in [0.2, 0.25) is 0 Å². The van der Waals surface area contributed by atoms with Gasteiger partial charge in [-0.2, -0.15) is 5.10 Å². The molecule has 182 valence electrons. The molecule has 3 aromatic rings. The second-order valence-corrected chi connectivity index (χ2v) is 8.86. The predicted octanol–water partition coefficient (Wildman–Crippen LogP) is 3.74. The number of carbonyl (C=O) groups is 1. The highest BCUT2D eigenvalue weighted by Gasteiger charge is 2.27. The number of nitrogens with zero attached hydrogens (tertiary/aromatic N) is 4. The predicted molar refractivity (Wildman–Crippen MR) is 120 cm³/mol. The summed E-state index contributed by atoms with van der Waals surface area (Å²) in [6.07, 6.45) is -0.0489. The number of aromatic nitrogens is 3. The maximum atomic E-state index is 14.1. The van der Waals surface area contributed by atoms with Crippen molar-refractivity contribution in [3.63, 3.8) is 0 Å². The molecule has 1 amide bonds. The van der Waals surface area contributed by atoms with Crippen molar-refractivity contribution in [1.82, 2.24) is 14.8 Å². The monoisotopic (exact) mass is 498 g/mol. The Morgan fingerprint density at radius 3 is 2.74 bits per heavy atom. The van der Waals surface area contributed by atoms with Crippen LogP contribution in [0.5, 0.6) is 0 Å². The number of hydrogen-bond acceptors (Lipinski definition) is 7. The first-order chi connectivity index (χ1) is 16.2. The van der Waals surface area contributed by atoms with Gasteiger partial charge in [0, 0.05) is 13.1 Å². The smallest absolute Gasteiger partial charge is 0.277 e. The van der Waals surface area contributed by atoms with Gasteiger partial charge >= 0.3 is 0 Å². The lowest BCUT2D eigenvalue weighted by Gasteiger charge is -2.26. The lowest BCUT2D eigenvalue weighted by molar-refractivity contribution is 0.102. The van der Waals surface area contributed by atoms with Gasteiger partial charge in [-0.15, -0.1) is 0 Å². The first-order valence-corrected chi connectivity index (χ1v) is 11.3. The summed E-state index contributed by atoms with van der Waals surface area (Å²) in [7, 11) is 0. The Morgan fingerprint density at radius 2 is 2.03 bits per heavy atom. The van der Waals surface area contributed by atoms with Gasteiger partial charge in [0.15, 0.2) is 11.5 Å². The van der Waals surface area contributed by atoms with E-state index in [2.05, 4.69) is 15.4 Å². The van der Waals surface area contributed by atoms with E-state index in [1.807, 2.05) is 0 Å². The third-order valence-electron chi connectivity index (χ3n) is 5.36. The molecule has 1 atom stereocenters. The van der Waals surface area contributed by atoms with E-state index in [4.69, 9.17) is 5.73 Å². The summed E-state index contributed by atoms with van der Waals surface area (Å²) in [5.74, 6) is -2.26. The van der Waals surface area contributed by atoms with E-state index in [9.17, 15) is 27.5 Å².